The predicted molar refractivity (Wildman–Crippen MR) is 109 cm³/mol. The summed E-state index contributed by atoms with van der Waals surface area (Å²) in [6.45, 7) is 2.08. The molecule has 0 fully saturated rings. The smallest absolute Gasteiger partial charge is 0.276 e. The molecule has 0 unspecified atom stereocenters. The Morgan fingerprint density at radius 1 is 1.14 bits per heavy atom. The second kappa shape index (κ2) is 8.71. The van der Waals surface area contributed by atoms with Crippen LogP contribution in [0.4, 0.5) is 0 Å². The second-order valence-corrected chi connectivity index (χ2v) is 7.84. The quantitative estimate of drug-likeness (QED) is 0.449. The van der Waals surface area contributed by atoms with Gasteiger partial charge in [-0.05, 0) is 48.4 Å². The van der Waals surface area contributed by atoms with Gasteiger partial charge in [-0.15, -0.1) is 0 Å². The van der Waals surface area contributed by atoms with Crippen molar-refractivity contribution in [1.29, 1.82) is 0 Å². The van der Waals surface area contributed by atoms with Gasteiger partial charge >= 0.3 is 0 Å². The summed E-state index contributed by atoms with van der Waals surface area (Å²) in [5.41, 5.74) is 3.38. The van der Waals surface area contributed by atoms with E-state index in [9.17, 15) is 8.42 Å². The van der Waals surface area contributed by atoms with Crippen LogP contribution >= 0.6 is 0 Å². The first-order valence-corrected chi connectivity index (χ1v) is 10.3. The van der Waals surface area contributed by atoms with Crippen molar-refractivity contribution in [2.24, 2.45) is 5.10 Å². The molecule has 1 aromatic heterocycles. The molecular weight excluding hydrogens is 376 g/mol. The number of hydrazone groups is 1. The minimum atomic E-state index is -3.73. The number of aromatic nitrogens is 2. The summed E-state index contributed by atoms with van der Waals surface area (Å²) in [4.78, 5) is 2.42. The molecule has 0 bridgehead atoms. The zero-order valence-corrected chi connectivity index (χ0v) is 16.5. The fourth-order valence-corrected chi connectivity index (χ4v) is 3.52. The molecule has 0 atom stereocenters. The summed E-state index contributed by atoms with van der Waals surface area (Å²) < 4.78 is 29.9. The van der Waals surface area contributed by atoms with Gasteiger partial charge in [-0.25, -0.2) is 4.83 Å². The van der Waals surface area contributed by atoms with Gasteiger partial charge in [0.05, 0.1) is 30.1 Å². The number of nitrogens with zero attached hydrogens (tertiary/aromatic N) is 2. The van der Waals surface area contributed by atoms with Crippen molar-refractivity contribution in [2.75, 3.05) is 7.11 Å². The van der Waals surface area contributed by atoms with Crippen LogP contribution in [-0.2, 0) is 16.4 Å². The highest BCUT2D eigenvalue weighted by atomic mass is 32.2. The van der Waals surface area contributed by atoms with Crippen LogP contribution in [0.25, 0.3) is 11.3 Å². The van der Waals surface area contributed by atoms with E-state index in [1.54, 1.807) is 25.4 Å². The van der Waals surface area contributed by atoms with Crippen molar-refractivity contribution in [3.05, 3.63) is 65.9 Å². The molecule has 146 valence electrons. The highest BCUT2D eigenvalue weighted by Gasteiger charge is 2.13. The maximum atomic E-state index is 12.4. The van der Waals surface area contributed by atoms with Crippen LogP contribution in [0.15, 0.2) is 64.7 Å². The monoisotopic (exact) mass is 398 g/mol. The van der Waals surface area contributed by atoms with E-state index in [2.05, 4.69) is 27.1 Å². The Balaban J connectivity index is 1.73. The van der Waals surface area contributed by atoms with Gasteiger partial charge < -0.3 is 4.74 Å². The van der Waals surface area contributed by atoms with E-state index in [4.69, 9.17) is 4.74 Å². The molecule has 1 heterocycles. The van der Waals surface area contributed by atoms with Crippen LogP contribution in [0, 0.1) is 0 Å². The van der Waals surface area contributed by atoms with Gasteiger partial charge in [0, 0.05) is 11.1 Å². The van der Waals surface area contributed by atoms with Crippen LogP contribution in [0.1, 0.15) is 24.5 Å². The number of sulfonamides is 1. The molecule has 0 saturated heterocycles. The maximum absolute atomic E-state index is 12.4. The first kappa shape index (κ1) is 19.6. The summed E-state index contributed by atoms with van der Waals surface area (Å²) in [7, 11) is -2.12. The molecule has 0 amide bonds. The first-order chi connectivity index (χ1) is 13.5. The zero-order chi connectivity index (χ0) is 20.0. The Morgan fingerprint density at radius 3 is 2.50 bits per heavy atom. The van der Waals surface area contributed by atoms with E-state index in [1.807, 2.05) is 36.4 Å². The summed E-state index contributed by atoms with van der Waals surface area (Å²) in [5, 5.41) is 10.8. The Kier molecular flexibility index (Phi) is 6.10. The van der Waals surface area contributed by atoms with E-state index in [1.165, 1.54) is 6.21 Å². The molecule has 0 saturated carbocycles. The molecule has 2 N–H and O–H groups in total. The molecular formula is C20H22N4O3S. The molecule has 0 aliphatic carbocycles. The minimum absolute atomic E-state index is 0.173. The molecule has 3 rings (SSSR count). The fraction of sp³-hybridized carbons (Fsp3) is 0.200. The molecule has 0 spiro atoms. The summed E-state index contributed by atoms with van der Waals surface area (Å²) >= 11 is 0. The van der Waals surface area contributed by atoms with Gasteiger partial charge in [0.2, 0.25) is 0 Å². The number of benzene rings is 2. The van der Waals surface area contributed by atoms with Crippen LogP contribution < -0.4 is 9.57 Å². The van der Waals surface area contributed by atoms with Gasteiger partial charge in [-0.1, -0.05) is 25.5 Å². The maximum Gasteiger partial charge on any atom is 0.276 e. The van der Waals surface area contributed by atoms with Crippen molar-refractivity contribution in [1.82, 2.24) is 15.0 Å². The number of methoxy groups -OCH3 is 1. The lowest BCUT2D eigenvalue weighted by atomic mass is 10.1. The lowest BCUT2D eigenvalue weighted by Gasteiger charge is -2.05. The topological polar surface area (TPSA) is 96.4 Å². The average molecular weight is 398 g/mol. The summed E-state index contributed by atoms with van der Waals surface area (Å²) in [5.74, 6) is 0.746. The standard InChI is InChI=1S/C20H22N4O3S/c1-3-4-15-5-11-19(12-6-15)28(25,26)24-22-14-17-13-21-23-20(17)16-7-9-18(27-2)10-8-16/h5-14,24H,3-4H2,1-2H3,(H,21,23)/b22-14-. The second-order valence-electron chi connectivity index (χ2n) is 6.18. The third-order valence-electron chi connectivity index (χ3n) is 4.20. The van der Waals surface area contributed by atoms with Crippen LogP contribution in [0.2, 0.25) is 0 Å². The fourth-order valence-electron chi connectivity index (χ4n) is 2.72. The van der Waals surface area contributed by atoms with Gasteiger partial charge in [0.1, 0.15) is 5.75 Å². The Morgan fingerprint density at radius 2 is 1.86 bits per heavy atom. The normalized spacial score (nSPS) is 11.6. The summed E-state index contributed by atoms with van der Waals surface area (Å²) in [6, 6.07) is 14.2. The number of aromatic amines is 1. The number of nitrogens with one attached hydrogen (secondary N) is 2. The average Bonchev–Trinajstić information content (AvgIpc) is 3.17. The minimum Gasteiger partial charge on any atom is -0.497 e. The van der Waals surface area contributed by atoms with E-state index in [0.29, 0.717) is 5.56 Å². The Hall–Kier alpha value is -3.13. The van der Waals surface area contributed by atoms with Gasteiger partial charge in [0.15, 0.2) is 0 Å². The highest BCUT2D eigenvalue weighted by molar-refractivity contribution is 7.89. The number of rotatable bonds is 8. The van der Waals surface area contributed by atoms with Crippen molar-refractivity contribution >= 4 is 16.2 Å². The van der Waals surface area contributed by atoms with Crippen LogP contribution in [0.5, 0.6) is 5.75 Å². The Labute approximate surface area is 164 Å². The predicted octanol–water partition coefficient (Wildman–Crippen LogP) is 3.35. The van der Waals surface area contributed by atoms with Crippen molar-refractivity contribution in [3.8, 4) is 17.0 Å². The van der Waals surface area contributed by atoms with Gasteiger partial charge in [-0.3, -0.25) is 5.10 Å². The van der Waals surface area contributed by atoms with E-state index < -0.39 is 10.0 Å². The zero-order valence-electron chi connectivity index (χ0n) is 15.7. The van der Waals surface area contributed by atoms with Gasteiger partial charge in [0.25, 0.3) is 10.0 Å². The first-order valence-electron chi connectivity index (χ1n) is 8.85. The van der Waals surface area contributed by atoms with E-state index >= 15 is 0 Å². The number of ether oxygens (including phenoxy) is 1. The third kappa shape index (κ3) is 4.58. The molecule has 2 aromatic carbocycles. The SMILES string of the molecule is CCCc1ccc(S(=O)(=O)N/N=C\c2cn[nH]c2-c2ccc(OC)cc2)cc1. The molecule has 7 nitrogen and oxygen atoms in total. The molecule has 28 heavy (non-hydrogen) atoms. The van der Waals surface area contributed by atoms with E-state index in [-0.39, 0.29) is 4.90 Å². The van der Waals surface area contributed by atoms with Crippen molar-refractivity contribution in [3.63, 3.8) is 0 Å². The molecule has 8 heteroatoms. The number of hydrogen-bond acceptors (Lipinski definition) is 5. The van der Waals surface area contributed by atoms with Crippen molar-refractivity contribution < 1.29 is 13.2 Å². The largest absolute Gasteiger partial charge is 0.497 e. The molecule has 0 radical (unpaired) electrons. The lowest BCUT2D eigenvalue weighted by molar-refractivity contribution is 0.415. The molecule has 0 aliphatic rings. The Bertz CT molecular complexity index is 1040. The molecule has 3 aromatic rings. The number of aryl methyl sites for hydroxylation is 1. The van der Waals surface area contributed by atoms with E-state index in [0.717, 1.165) is 35.4 Å². The summed E-state index contributed by atoms with van der Waals surface area (Å²) in [6.07, 6.45) is 4.93. The highest BCUT2D eigenvalue weighted by Crippen LogP contribution is 2.22. The van der Waals surface area contributed by atoms with Crippen molar-refractivity contribution in [2.45, 2.75) is 24.7 Å². The van der Waals surface area contributed by atoms with Crippen LogP contribution in [0.3, 0.4) is 0 Å². The lowest BCUT2D eigenvalue weighted by Crippen LogP contribution is -2.18. The van der Waals surface area contributed by atoms with Gasteiger partial charge in [-0.2, -0.15) is 18.6 Å². The third-order valence-corrected chi connectivity index (χ3v) is 5.43. The number of H-pyrrole nitrogens is 1. The number of hydrogen-bond donors (Lipinski definition) is 2. The molecule has 0 aliphatic heterocycles. The van der Waals surface area contributed by atoms with Crippen LogP contribution in [-0.4, -0.2) is 31.9 Å².